The first-order valence-corrected chi connectivity index (χ1v) is 8.23. The first-order valence-electron chi connectivity index (χ1n) is 8.23. The summed E-state index contributed by atoms with van der Waals surface area (Å²) in [5, 5.41) is 8.17. The van der Waals surface area contributed by atoms with E-state index in [9.17, 15) is 4.79 Å². The number of amides is 1. The number of hydrogen-bond acceptors (Lipinski definition) is 4. The van der Waals surface area contributed by atoms with E-state index in [2.05, 4.69) is 25.7 Å². The van der Waals surface area contributed by atoms with Gasteiger partial charge in [-0.15, -0.1) is 12.3 Å². The first-order chi connectivity index (χ1) is 11.1. The summed E-state index contributed by atoms with van der Waals surface area (Å²) in [5.41, 5.74) is -0.363. The summed E-state index contributed by atoms with van der Waals surface area (Å²) in [4.78, 5) is 18.6. The highest BCUT2D eigenvalue weighted by Crippen LogP contribution is 2.37. The zero-order valence-electron chi connectivity index (χ0n) is 13.6. The molecule has 0 fully saturated rings. The second-order valence-corrected chi connectivity index (χ2v) is 6.56. The number of fused-ring (bicyclic) bond motifs is 1. The molecule has 0 bridgehead atoms. The zero-order chi connectivity index (χ0) is 16.3. The molecule has 0 spiro atoms. The Bertz CT molecular complexity index is 636. The van der Waals surface area contributed by atoms with Crippen molar-refractivity contribution in [2.24, 2.45) is 16.1 Å². The second kappa shape index (κ2) is 6.53. The Morgan fingerprint density at radius 1 is 1.52 bits per heavy atom. The van der Waals surface area contributed by atoms with Crippen LogP contribution in [-0.4, -0.2) is 39.6 Å². The van der Waals surface area contributed by atoms with E-state index in [0.29, 0.717) is 25.2 Å². The third kappa shape index (κ3) is 3.79. The molecule has 1 unspecified atom stereocenters. The molecule has 23 heavy (non-hydrogen) atoms. The van der Waals surface area contributed by atoms with Gasteiger partial charge in [-0.3, -0.25) is 4.79 Å². The minimum Gasteiger partial charge on any atom is -0.345 e. The molecule has 1 aromatic heterocycles. The number of carbonyl (C=O) groups is 1. The molecule has 1 aromatic rings. The molecule has 1 atom stereocenters. The predicted octanol–water partition coefficient (Wildman–Crippen LogP) is 2.26. The van der Waals surface area contributed by atoms with Gasteiger partial charge in [-0.05, 0) is 12.3 Å². The molecular weight excluding hydrogens is 290 g/mol. The number of aromatic nitrogens is 2. The van der Waals surface area contributed by atoms with E-state index in [1.54, 1.807) is 0 Å². The lowest BCUT2D eigenvalue weighted by molar-refractivity contribution is -0.130. The number of nitrogens with zero attached hydrogens (tertiary/aromatic N) is 5. The van der Waals surface area contributed by atoms with Gasteiger partial charge in [-0.1, -0.05) is 0 Å². The van der Waals surface area contributed by atoms with E-state index < -0.39 is 0 Å². The topological polar surface area (TPSA) is 62.9 Å². The third-order valence-electron chi connectivity index (χ3n) is 4.80. The lowest BCUT2D eigenvalue weighted by atomic mass is 9.97. The maximum atomic E-state index is 12.3. The molecule has 0 aromatic carbocycles. The fourth-order valence-electron chi connectivity index (χ4n) is 3.23. The Hall–Kier alpha value is -2.16. The van der Waals surface area contributed by atoms with Crippen molar-refractivity contribution >= 4 is 5.91 Å². The van der Waals surface area contributed by atoms with Gasteiger partial charge in [0.25, 0.3) is 0 Å². The van der Waals surface area contributed by atoms with Gasteiger partial charge in [0, 0.05) is 64.6 Å². The van der Waals surface area contributed by atoms with Gasteiger partial charge in [0.15, 0.2) is 5.66 Å². The minimum absolute atomic E-state index is 0.163. The van der Waals surface area contributed by atoms with Crippen LogP contribution in [0.3, 0.4) is 0 Å². The summed E-state index contributed by atoms with van der Waals surface area (Å²) < 4.78 is 2.20. The quantitative estimate of drug-likeness (QED) is 0.725. The largest absolute Gasteiger partial charge is 0.345 e. The van der Waals surface area contributed by atoms with Crippen LogP contribution in [0.1, 0.15) is 37.9 Å². The first kappa shape index (κ1) is 15.7. The standard InChI is InChI=1S/C17H23N5O/c1-3-4-7-17(19-20-17)8-5-16(23)21(2)13-14-6-10-22-11-9-18-15(22)12-14/h1,9,11,14H,4-8,10,12-13H2,2H3. The molecule has 6 heteroatoms. The average Bonchev–Trinajstić information content (AvgIpc) is 3.18. The molecule has 122 valence electrons. The van der Waals surface area contributed by atoms with Crippen molar-refractivity contribution in [3.8, 4) is 12.3 Å². The van der Waals surface area contributed by atoms with Gasteiger partial charge >= 0.3 is 0 Å². The van der Waals surface area contributed by atoms with E-state index >= 15 is 0 Å². The maximum Gasteiger partial charge on any atom is 0.222 e. The Kier molecular flexibility index (Phi) is 4.46. The van der Waals surface area contributed by atoms with Crippen LogP contribution in [0.5, 0.6) is 0 Å². The lowest BCUT2D eigenvalue weighted by Gasteiger charge is -2.28. The van der Waals surface area contributed by atoms with E-state index in [4.69, 9.17) is 6.42 Å². The van der Waals surface area contributed by atoms with E-state index in [0.717, 1.165) is 38.2 Å². The van der Waals surface area contributed by atoms with Crippen LogP contribution in [0.15, 0.2) is 22.6 Å². The van der Waals surface area contributed by atoms with Crippen LogP contribution in [0.25, 0.3) is 0 Å². The Morgan fingerprint density at radius 2 is 2.35 bits per heavy atom. The Morgan fingerprint density at radius 3 is 3.09 bits per heavy atom. The van der Waals surface area contributed by atoms with Gasteiger partial charge in [0.05, 0.1) is 0 Å². The molecule has 0 saturated heterocycles. The lowest BCUT2D eigenvalue weighted by Crippen LogP contribution is -2.35. The number of terminal acetylenes is 1. The van der Waals surface area contributed by atoms with Crippen molar-refractivity contribution in [1.29, 1.82) is 0 Å². The maximum absolute atomic E-state index is 12.3. The third-order valence-corrected chi connectivity index (χ3v) is 4.80. The molecular formula is C17H23N5O. The van der Waals surface area contributed by atoms with Crippen molar-refractivity contribution in [3.63, 3.8) is 0 Å². The van der Waals surface area contributed by atoms with E-state index in [-0.39, 0.29) is 11.6 Å². The summed E-state index contributed by atoms with van der Waals surface area (Å²) in [6, 6.07) is 0. The normalized spacial score (nSPS) is 20.6. The number of carbonyl (C=O) groups excluding carboxylic acids is 1. The van der Waals surface area contributed by atoms with E-state index in [1.807, 2.05) is 24.3 Å². The number of imidazole rings is 1. The van der Waals surface area contributed by atoms with Crippen molar-refractivity contribution in [3.05, 3.63) is 18.2 Å². The van der Waals surface area contributed by atoms with Crippen molar-refractivity contribution in [2.45, 2.75) is 50.7 Å². The average molecular weight is 313 g/mol. The molecule has 3 heterocycles. The predicted molar refractivity (Wildman–Crippen MR) is 86.6 cm³/mol. The van der Waals surface area contributed by atoms with Crippen molar-refractivity contribution < 1.29 is 4.79 Å². The monoisotopic (exact) mass is 313 g/mol. The Balaban J connectivity index is 1.43. The zero-order valence-corrected chi connectivity index (χ0v) is 13.6. The van der Waals surface area contributed by atoms with Crippen LogP contribution < -0.4 is 0 Å². The SMILES string of the molecule is C#CCCC1(CCC(=O)N(C)CC2CCn3ccnc3C2)N=N1. The van der Waals surface area contributed by atoms with Gasteiger partial charge in [0.1, 0.15) is 5.82 Å². The van der Waals surface area contributed by atoms with Gasteiger partial charge in [0.2, 0.25) is 5.91 Å². The highest BCUT2D eigenvalue weighted by molar-refractivity contribution is 5.76. The summed E-state index contributed by atoms with van der Waals surface area (Å²) in [5.74, 6) is 4.40. The molecule has 0 saturated carbocycles. The molecule has 0 aliphatic carbocycles. The molecule has 2 aliphatic rings. The number of rotatable bonds is 7. The summed E-state index contributed by atoms with van der Waals surface area (Å²) in [7, 11) is 1.89. The molecule has 1 amide bonds. The van der Waals surface area contributed by atoms with Crippen molar-refractivity contribution in [2.75, 3.05) is 13.6 Å². The van der Waals surface area contributed by atoms with Crippen LogP contribution in [-0.2, 0) is 17.8 Å². The Labute approximate surface area is 137 Å². The van der Waals surface area contributed by atoms with Crippen molar-refractivity contribution in [1.82, 2.24) is 14.5 Å². The van der Waals surface area contributed by atoms with Gasteiger partial charge < -0.3 is 9.47 Å². The molecule has 3 rings (SSSR count). The fraction of sp³-hybridized carbons (Fsp3) is 0.647. The van der Waals surface area contributed by atoms with Crippen LogP contribution in [0, 0.1) is 18.3 Å². The number of hydrogen-bond donors (Lipinski definition) is 0. The van der Waals surface area contributed by atoms with Crippen LogP contribution in [0.4, 0.5) is 0 Å². The molecule has 0 radical (unpaired) electrons. The summed E-state index contributed by atoms with van der Waals surface area (Å²) >= 11 is 0. The molecule has 0 N–H and O–H groups in total. The number of aryl methyl sites for hydroxylation is 1. The summed E-state index contributed by atoms with van der Waals surface area (Å²) in [6.07, 6.45) is 13.8. The fourth-order valence-corrected chi connectivity index (χ4v) is 3.23. The smallest absolute Gasteiger partial charge is 0.222 e. The van der Waals surface area contributed by atoms with Crippen LogP contribution >= 0.6 is 0 Å². The molecule has 2 aliphatic heterocycles. The van der Waals surface area contributed by atoms with E-state index in [1.165, 1.54) is 0 Å². The molecule has 6 nitrogen and oxygen atoms in total. The minimum atomic E-state index is -0.363. The summed E-state index contributed by atoms with van der Waals surface area (Å²) in [6.45, 7) is 1.78. The van der Waals surface area contributed by atoms with Gasteiger partial charge in [-0.25, -0.2) is 4.98 Å². The highest BCUT2D eigenvalue weighted by atomic mass is 16.2. The second-order valence-electron chi connectivity index (χ2n) is 6.56. The van der Waals surface area contributed by atoms with Gasteiger partial charge in [-0.2, -0.15) is 10.2 Å². The highest BCUT2D eigenvalue weighted by Gasteiger charge is 2.39. The van der Waals surface area contributed by atoms with Crippen LogP contribution in [0.2, 0.25) is 0 Å².